The monoisotopic (exact) mass is 368 g/mol. The number of fused-ring (bicyclic) bond motifs is 1. The third kappa shape index (κ3) is 4.18. The second-order valence-electron chi connectivity index (χ2n) is 6.44. The molecular formula is C24H20N2O2. The SMILES string of the molecule is O=C(NCCc1ccccc1)c1cc2ccccc2oc1=Nc1ccccc1. The predicted molar refractivity (Wildman–Crippen MR) is 110 cm³/mol. The van der Waals surface area contributed by atoms with Crippen molar-refractivity contribution in [3.8, 4) is 0 Å². The Labute approximate surface area is 163 Å². The fourth-order valence-electron chi connectivity index (χ4n) is 2.99. The van der Waals surface area contributed by atoms with Crippen molar-refractivity contribution in [2.75, 3.05) is 6.54 Å². The Morgan fingerprint density at radius 2 is 1.54 bits per heavy atom. The first kappa shape index (κ1) is 17.7. The van der Waals surface area contributed by atoms with Gasteiger partial charge in [0.1, 0.15) is 11.1 Å². The Balaban J connectivity index is 1.65. The molecule has 4 heteroatoms. The van der Waals surface area contributed by atoms with E-state index in [1.165, 1.54) is 5.56 Å². The summed E-state index contributed by atoms with van der Waals surface area (Å²) in [6, 6.07) is 29.0. The van der Waals surface area contributed by atoms with Gasteiger partial charge in [-0.3, -0.25) is 4.79 Å². The van der Waals surface area contributed by atoms with Crippen molar-refractivity contribution in [3.63, 3.8) is 0 Å². The van der Waals surface area contributed by atoms with Gasteiger partial charge in [-0.05, 0) is 36.2 Å². The molecule has 4 rings (SSSR count). The zero-order valence-corrected chi connectivity index (χ0v) is 15.3. The minimum absolute atomic E-state index is 0.194. The van der Waals surface area contributed by atoms with E-state index in [0.29, 0.717) is 23.2 Å². The molecule has 0 aliphatic rings. The van der Waals surface area contributed by atoms with Gasteiger partial charge in [-0.1, -0.05) is 66.7 Å². The number of amides is 1. The largest absolute Gasteiger partial charge is 0.438 e. The standard InChI is InChI=1S/C24H20N2O2/c27-23(25-16-15-18-9-3-1-4-10-18)21-17-19-11-7-8-14-22(19)28-24(21)26-20-12-5-2-6-13-20/h1-14,17H,15-16H2,(H,25,27). The molecule has 3 aromatic carbocycles. The second-order valence-corrected chi connectivity index (χ2v) is 6.44. The van der Waals surface area contributed by atoms with Crippen molar-refractivity contribution in [2.45, 2.75) is 6.42 Å². The van der Waals surface area contributed by atoms with Crippen LogP contribution < -0.4 is 10.9 Å². The molecule has 0 aliphatic heterocycles. The molecule has 138 valence electrons. The maximum atomic E-state index is 12.9. The Morgan fingerprint density at radius 1 is 0.857 bits per heavy atom. The fraction of sp³-hybridized carbons (Fsp3) is 0.0833. The first-order valence-electron chi connectivity index (χ1n) is 9.24. The molecule has 0 aliphatic carbocycles. The van der Waals surface area contributed by atoms with Crippen molar-refractivity contribution in [1.29, 1.82) is 0 Å². The Kier molecular flexibility index (Phi) is 5.29. The highest BCUT2D eigenvalue weighted by Crippen LogP contribution is 2.15. The van der Waals surface area contributed by atoms with Crippen LogP contribution in [0, 0.1) is 0 Å². The van der Waals surface area contributed by atoms with Crippen LogP contribution in [0.4, 0.5) is 5.69 Å². The van der Waals surface area contributed by atoms with Crippen LogP contribution in [0.5, 0.6) is 0 Å². The predicted octanol–water partition coefficient (Wildman–Crippen LogP) is 4.64. The van der Waals surface area contributed by atoms with E-state index in [1.807, 2.05) is 91.0 Å². The maximum Gasteiger partial charge on any atom is 0.256 e. The van der Waals surface area contributed by atoms with E-state index < -0.39 is 0 Å². The summed E-state index contributed by atoms with van der Waals surface area (Å²) >= 11 is 0. The molecule has 28 heavy (non-hydrogen) atoms. The first-order chi connectivity index (χ1) is 13.8. The third-order valence-electron chi connectivity index (χ3n) is 4.43. The van der Waals surface area contributed by atoms with Crippen molar-refractivity contribution in [1.82, 2.24) is 5.32 Å². The van der Waals surface area contributed by atoms with Crippen molar-refractivity contribution < 1.29 is 9.21 Å². The van der Waals surface area contributed by atoms with Crippen LogP contribution in [-0.4, -0.2) is 12.5 Å². The zero-order valence-electron chi connectivity index (χ0n) is 15.3. The Hall–Kier alpha value is -3.66. The van der Waals surface area contributed by atoms with Gasteiger partial charge in [-0.25, -0.2) is 4.99 Å². The minimum atomic E-state index is -0.194. The lowest BCUT2D eigenvalue weighted by Crippen LogP contribution is -2.30. The summed E-state index contributed by atoms with van der Waals surface area (Å²) in [5, 5.41) is 3.84. The van der Waals surface area contributed by atoms with Gasteiger partial charge < -0.3 is 9.73 Å². The van der Waals surface area contributed by atoms with Gasteiger partial charge in [0.05, 0.1) is 5.69 Å². The summed E-state index contributed by atoms with van der Waals surface area (Å²) in [6.07, 6.45) is 0.766. The number of carbonyl (C=O) groups excluding carboxylic acids is 1. The van der Waals surface area contributed by atoms with Crippen LogP contribution in [-0.2, 0) is 6.42 Å². The van der Waals surface area contributed by atoms with E-state index in [0.717, 1.165) is 17.5 Å². The molecule has 1 aromatic heterocycles. The van der Waals surface area contributed by atoms with Gasteiger partial charge in [-0.2, -0.15) is 0 Å². The van der Waals surface area contributed by atoms with Gasteiger partial charge in [-0.15, -0.1) is 0 Å². The topological polar surface area (TPSA) is 54.6 Å². The molecule has 0 atom stereocenters. The van der Waals surface area contributed by atoms with E-state index in [1.54, 1.807) is 0 Å². The van der Waals surface area contributed by atoms with Crippen LogP contribution in [0.1, 0.15) is 15.9 Å². The van der Waals surface area contributed by atoms with Gasteiger partial charge in [0.25, 0.3) is 5.91 Å². The van der Waals surface area contributed by atoms with Crippen molar-refractivity contribution in [3.05, 3.63) is 108 Å². The number of hydrogen-bond donors (Lipinski definition) is 1. The zero-order chi connectivity index (χ0) is 19.2. The smallest absolute Gasteiger partial charge is 0.256 e. The average Bonchev–Trinajstić information content (AvgIpc) is 2.74. The number of carbonyl (C=O) groups is 1. The lowest BCUT2D eigenvalue weighted by atomic mass is 10.1. The molecule has 0 spiro atoms. The van der Waals surface area contributed by atoms with Gasteiger partial charge in [0.2, 0.25) is 5.55 Å². The molecule has 0 saturated heterocycles. The summed E-state index contributed by atoms with van der Waals surface area (Å²) in [4.78, 5) is 17.4. The highest BCUT2D eigenvalue weighted by atomic mass is 16.3. The van der Waals surface area contributed by atoms with E-state index in [4.69, 9.17) is 4.42 Å². The van der Waals surface area contributed by atoms with Crippen LogP contribution in [0.25, 0.3) is 11.0 Å². The van der Waals surface area contributed by atoms with Crippen LogP contribution in [0.2, 0.25) is 0 Å². The molecule has 1 N–H and O–H groups in total. The van der Waals surface area contributed by atoms with E-state index in [9.17, 15) is 4.79 Å². The molecule has 0 bridgehead atoms. The number of nitrogens with zero attached hydrogens (tertiary/aromatic N) is 1. The summed E-state index contributed by atoms with van der Waals surface area (Å²) in [7, 11) is 0. The normalized spacial score (nSPS) is 11.5. The van der Waals surface area contributed by atoms with Gasteiger partial charge >= 0.3 is 0 Å². The van der Waals surface area contributed by atoms with Crippen molar-refractivity contribution >= 4 is 22.6 Å². The summed E-state index contributed by atoms with van der Waals surface area (Å²) in [6.45, 7) is 0.542. The summed E-state index contributed by atoms with van der Waals surface area (Å²) in [5.74, 6) is -0.194. The fourth-order valence-corrected chi connectivity index (χ4v) is 2.99. The summed E-state index contributed by atoms with van der Waals surface area (Å²) in [5.41, 5.74) is 3.34. The number of hydrogen-bond acceptors (Lipinski definition) is 3. The number of rotatable bonds is 5. The minimum Gasteiger partial charge on any atom is -0.438 e. The third-order valence-corrected chi connectivity index (χ3v) is 4.43. The number of nitrogens with one attached hydrogen (secondary N) is 1. The van der Waals surface area contributed by atoms with E-state index >= 15 is 0 Å². The lowest BCUT2D eigenvalue weighted by Gasteiger charge is -2.07. The van der Waals surface area contributed by atoms with E-state index in [2.05, 4.69) is 10.3 Å². The Morgan fingerprint density at radius 3 is 2.32 bits per heavy atom. The molecule has 1 heterocycles. The molecule has 4 aromatic rings. The van der Waals surface area contributed by atoms with E-state index in [-0.39, 0.29) is 5.91 Å². The van der Waals surface area contributed by atoms with Gasteiger partial charge in [0, 0.05) is 11.9 Å². The van der Waals surface area contributed by atoms with Gasteiger partial charge in [0.15, 0.2) is 0 Å². The molecule has 0 unspecified atom stereocenters. The molecule has 0 radical (unpaired) electrons. The molecule has 0 saturated carbocycles. The van der Waals surface area contributed by atoms with Crippen LogP contribution in [0.15, 0.2) is 100 Å². The summed E-state index contributed by atoms with van der Waals surface area (Å²) < 4.78 is 5.96. The lowest BCUT2D eigenvalue weighted by molar-refractivity contribution is 0.0950. The quantitative estimate of drug-likeness (QED) is 0.558. The molecule has 0 fully saturated rings. The van der Waals surface area contributed by atoms with Crippen LogP contribution in [0.3, 0.4) is 0 Å². The molecular weight excluding hydrogens is 348 g/mol. The molecule has 4 nitrogen and oxygen atoms in total. The second kappa shape index (κ2) is 8.35. The highest BCUT2D eigenvalue weighted by molar-refractivity contribution is 5.96. The Bertz CT molecular complexity index is 1150. The maximum absolute atomic E-state index is 12.9. The van der Waals surface area contributed by atoms with Crippen LogP contribution >= 0.6 is 0 Å². The van der Waals surface area contributed by atoms with Crippen molar-refractivity contribution in [2.24, 2.45) is 4.99 Å². The highest BCUT2D eigenvalue weighted by Gasteiger charge is 2.12. The molecule has 1 amide bonds. The number of benzene rings is 3. The number of para-hydroxylation sites is 2. The average molecular weight is 368 g/mol. The first-order valence-corrected chi connectivity index (χ1v) is 9.24.